The van der Waals surface area contributed by atoms with Crippen molar-refractivity contribution < 1.29 is 4.74 Å². The van der Waals surface area contributed by atoms with E-state index in [1.807, 2.05) is 43.3 Å². The molecule has 0 amide bonds. The van der Waals surface area contributed by atoms with Gasteiger partial charge in [-0.05, 0) is 50.3 Å². The lowest BCUT2D eigenvalue weighted by molar-refractivity contribution is 0.287. The fraction of sp³-hybridized carbons (Fsp3) is 0.250. The lowest BCUT2D eigenvalue weighted by Gasteiger charge is -2.17. The predicted molar refractivity (Wildman–Crippen MR) is 89.7 cm³/mol. The van der Waals surface area contributed by atoms with Crippen LogP contribution in [-0.4, -0.2) is 22.7 Å². The Bertz CT molecular complexity index is 572. The molecule has 110 valence electrons. The summed E-state index contributed by atoms with van der Waals surface area (Å²) in [4.78, 5) is 3.96. The molecule has 0 spiro atoms. The van der Waals surface area contributed by atoms with Crippen LogP contribution in [0.4, 0.5) is 5.69 Å². The van der Waals surface area contributed by atoms with E-state index in [9.17, 15) is 0 Å². The van der Waals surface area contributed by atoms with Crippen LogP contribution in [0.25, 0.3) is 0 Å². The summed E-state index contributed by atoms with van der Waals surface area (Å²) >= 11 is 5.26. The molecule has 1 atom stereocenters. The van der Waals surface area contributed by atoms with E-state index in [2.05, 4.69) is 22.5 Å². The van der Waals surface area contributed by atoms with E-state index in [0.29, 0.717) is 11.7 Å². The fourth-order valence-electron chi connectivity index (χ4n) is 1.72. The molecular formula is C16H19N3OS. The van der Waals surface area contributed by atoms with Crippen LogP contribution in [0.15, 0.2) is 48.8 Å². The first-order valence-corrected chi connectivity index (χ1v) is 7.21. The van der Waals surface area contributed by atoms with Crippen molar-refractivity contribution in [3.63, 3.8) is 0 Å². The number of aromatic nitrogens is 1. The number of benzene rings is 1. The molecule has 4 nitrogen and oxygen atoms in total. The van der Waals surface area contributed by atoms with Crippen molar-refractivity contribution in [2.24, 2.45) is 0 Å². The van der Waals surface area contributed by atoms with E-state index >= 15 is 0 Å². The van der Waals surface area contributed by atoms with Gasteiger partial charge in [0, 0.05) is 18.1 Å². The van der Waals surface area contributed by atoms with Gasteiger partial charge in [0.1, 0.15) is 12.4 Å². The van der Waals surface area contributed by atoms with Crippen molar-refractivity contribution in [3.05, 3.63) is 54.4 Å². The van der Waals surface area contributed by atoms with Gasteiger partial charge in [-0.2, -0.15) is 0 Å². The number of rotatable bonds is 5. The minimum atomic E-state index is 0.105. The van der Waals surface area contributed by atoms with Crippen molar-refractivity contribution >= 4 is 23.0 Å². The van der Waals surface area contributed by atoms with Crippen LogP contribution in [0.5, 0.6) is 5.75 Å². The number of hydrogen-bond acceptors (Lipinski definition) is 3. The third-order valence-electron chi connectivity index (χ3n) is 2.84. The van der Waals surface area contributed by atoms with Gasteiger partial charge in [0.2, 0.25) is 0 Å². The maximum atomic E-state index is 5.71. The molecular weight excluding hydrogens is 282 g/mol. The van der Waals surface area contributed by atoms with Crippen LogP contribution in [0, 0.1) is 6.92 Å². The van der Waals surface area contributed by atoms with Crippen LogP contribution >= 0.6 is 12.2 Å². The third kappa shape index (κ3) is 5.39. The standard InChI is InChI=1S/C16H19N3OS/c1-12-3-5-15(6-4-12)20-11-13(2)18-16(21)19-14-7-9-17-10-8-14/h3-10,13H,11H2,1-2H3,(H2,17,18,19,21)/t13-/m0/s1. The van der Waals surface area contributed by atoms with Crippen LogP contribution in [0.2, 0.25) is 0 Å². The van der Waals surface area contributed by atoms with Gasteiger partial charge < -0.3 is 15.4 Å². The molecule has 21 heavy (non-hydrogen) atoms. The normalized spacial score (nSPS) is 11.5. The molecule has 0 aliphatic carbocycles. The van der Waals surface area contributed by atoms with Gasteiger partial charge in [0.25, 0.3) is 0 Å². The summed E-state index contributed by atoms with van der Waals surface area (Å²) in [5.41, 5.74) is 2.13. The molecule has 0 unspecified atom stereocenters. The summed E-state index contributed by atoms with van der Waals surface area (Å²) in [5.74, 6) is 0.863. The minimum Gasteiger partial charge on any atom is -0.491 e. The lowest BCUT2D eigenvalue weighted by atomic mass is 10.2. The summed E-state index contributed by atoms with van der Waals surface area (Å²) in [6.07, 6.45) is 3.43. The van der Waals surface area contributed by atoms with E-state index in [1.54, 1.807) is 12.4 Å². The average molecular weight is 301 g/mol. The molecule has 1 heterocycles. The van der Waals surface area contributed by atoms with Crippen molar-refractivity contribution in [1.29, 1.82) is 0 Å². The highest BCUT2D eigenvalue weighted by atomic mass is 32.1. The highest BCUT2D eigenvalue weighted by Gasteiger charge is 2.05. The van der Waals surface area contributed by atoms with E-state index in [1.165, 1.54) is 5.56 Å². The second kappa shape index (κ2) is 7.59. The molecule has 0 radical (unpaired) electrons. The largest absolute Gasteiger partial charge is 0.491 e. The maximum Gasteiger partial charge on any atom is 0.171 e. The molecule has 0 fully saturated rings. The van der Waals surface area contributed by atoms with Crippen LogP contribution in [-0.2, 0) is 0 Å². The smallest absolute Gasteiger partial charge is 0.171 e. The lowest BCUT2D eigenvalue weighted by Crippen LogP contribution is -2.39. The van der Waals surface area contributed by atoms with Gasteiger partial charge in [0.05, 0.1) is 6.04 Å². The predicted octanol–water partition coefficient (Wildman–Crippen LogP) is 3.14. The Morgan fingerprint density at radius 1 is 1.19 bits per heavy atom. The first-order chi connectivity index (χ1) is 10.1. The Morgan fingerprint density at radius 2 is 1.86 bits per heavy atom. The Kier molecular flexibility index (Phi) is 5.51. The SMILES string of the molecule is Cc1ccc(OC[C@H](C)NC(=S)Nc2ccncc2)cc1. The second-order valence-corrected chi connectivity index (χ2v) is 5.27. The molecule has 0 aliphatic rings. The Morgan fingerprint density at radius 3 is 2.52 bits per heavy atom. The van der Waals surface area contributed by atoms with Gasteiger partial charge in [-0.3, -0.25) is 4.98 Å². The van der Waals surface area contributed by atoms with Gasteiger partial charge in [0.15, 0.2) is 5.11 Å². The molecule has 0 bridgehead atoms. The summed E-state index contributed by atoms with van der Waals surface area (Å²) in [5, 5.41) is 6.86. The fourth-order valence-corrected chi connectivity index (χ4v) is 2.04. The van der Waals surface area contributed by atoms with Crippen LogP contribution in [0.1, 0.15) is 12.5 Å². The molecule has 0 saturated heterocycles. The number of pyridine rings is 1. The Hall–Kier alpha value is -2.14. The first-order valence-electron chi connectivity index (χ1n) is 6.80. The zero-order chi connectivity index (χ0) is 15.1. The van der Waals surface area contributed by atoms with Crippen LogP contribution < -0.4 is 15.4 Å². The van der Waals surface area contributed by atoms with Crippen molar-refractivity contribution in [1.82, 2.24) is 10.3 Å². The summed E-state index contributed by atoms with van der Waals surface area (Å²) in [6.45, 7) is 4.62. The zero-order valence-electron chi connectivity index (χ0n) is 12.2. The molecule has 2 rings (SSSR count). The van der Waals surface area contributed by atoms with Gasteiger partial charge >= 0.3 is 0 Å². The molecule has 5 heteroatoms. The first kappa shape index (κ1) is 15.3. The Balaban J connectivity index is 1.75. The number of ether oxygens (including phenoxy) is 1. The molecule has 0 saturated carbocycles. The minimum absolute atomic E-state index is 0.105. The van der Waals surface area contributed by atoms with E-state index in [4.69, 9.17) is 17.0 Å². The van der Waals surface area contributed by atoms with Gasteiger partial charge in [-0.25, -0.2) is 0 Å². The molecule has 1 aromatic carbocycles. The van der Waals surface area contributed by atoms with E-state index in [0.717, 1.165) is 11.4 Å². The van der Waals surface area contributed by atoms with E-state index in [-0.39, 0.29) is 6.04 Å². The number of nitrogens with zero attached hydrogens (tertiary/aromatic N) is 1. The second-order valence-electron chi connectivity index (χ2n) is 4.86. The number of aryl methyl sites for hydroxylation is 1. The third-order valence-corrected chi connectivity index (χ3v) is 3.06. The highest BCUT2D eigenvalue weighted by molar-refractivity contribution is 7.80. The summed E-state index contributed by atoms with van der Waals surface area (Å²) in [6, 6.07) is 11.8. The summed E-state index contributed by atoms with van der Waals surface area (Å²) in [7, 11) is 0. The van der Waals surface area contributed by atoms with Gasteiger partial charge in [-0.15, -0.1) is 0 Å². The maximum absolute atomic E-state index is 5.71. The number of anilines is 1. The highest BCUT2D eigenvalue weighted by Crippen LogP contribution is 2.11. The average Bonchev–Trinajstić information content (AvgIpc) is 2.47. The molecule has 2 aromatic rings. The molecule has 0 aliphatic heterocycles. The summed E-state index contributed by atoms with van der Waals surface area (Å²) < 4.78 is 5.71. The van der Waals surface area contributed by atoms with E-state index < -0.39 is 0 Å². The van der Waals surface area contributed by atoms with Crippen molar-refractivity contribution in [2.45, 2.75) is 19.9 Å². The van der Waals surface area contributed by atoms with Crippen LogP contribution in [0.3, 0.4) is 0 Å². The zero-order valence-corrected chi connectivity index (χ0v) is 13.0. The van der Waals surface area contributed by atoms with Crippen molar-refractivity contribution in [3.8, 4) is 5.75 Å². The quantitative estimate of drug-likeness (QED) is 0.831. The number of hydrogen-bond donors (Lipinski definition) is 2. The molecule has 2 N–H and O–H groups in total. The molecule has 1 aromatic heterocycles. The van der Waals surface area contributed by atoms with Crippen molar-refractivity contribution in [2.75, 3.05) is 11.9 Å². The van der Waals surface area contributed by atoms with Gasteiger partial charge in [-0.1, -0.05) is 17.7 Å². The monoisotopic (exact) mass is 301 g/mol. The topological polar surface area (TPSA) is 46.2 Å². The number of nitrogens with one attached hydrogen (secondary N) is 2. The number of thiocarbonyl (C=S) groups is 1. The Labute approximate surface area is 130 Å².